The van der Waals surface area contributed by atoms with Crippen molar-refractivity contribution in [2.24, 2.45) is 0 Å². The van der Waals surface area contributed by atoms with Crippen molar-refractivity contribution in [3.8, 4) is 0 Å². The van der Waals surface area contributed by atoms with Crippen LogP contribution in [-0.4, -0.2) is 27.5 Å². The number of pyridine rings is 1. The Kier molecular flexibility index (Phi) is 3.60. The standard InChI is InChI=1S/C13H15N5OS/c1-20-9-4-5-11(14-6-9)17-13(19)16-10-7-15-18-12(10)8-2-3-8/h4-8H,2-3H2,1H3,(H,15,18)(H2,14,16,17,19). The molecule has 1 fully saturated rings. The van der Waals surface area contributed by atoms with Crippen molar-refractivity contribution in [1.82, 2.24) is 15.2 Å². The second-order valence-electron chi connectivity index (χ2n) is 4.63. The summed E-state index contributed by atoms with van der Waals surface area (Å²) in [5.74, 6) is 1.03. The molecule has 0 unspecified atom stereocenters. The summed E-state index contributed by atoms with van der Waals surface area (Å²) >= 11 is 1.61. The summed E-state index contributed by atoms with van der Waals surface area (Å²) in [7, 11) is 0. The summed E-state index contributed by atoms with van der Waals surface area (Å²) < 4.78 is 0. The van der Waals surface area contributed by atoms with Gasteiger partial charge in [0, 0.05) is 17.0 Å². The van der Waals surface area contributed by atoms with E-state index in [0.717, 1.165) is 29.1 Å². The molecule has 0 aliphatic heterocycles. The van der Waals surface area contributed by atoms with Crippen LogP contribution in [0.5, 0.6) is 0 Å². The van der Waals surface area contributed by atoms with Crippen molar-refractivity contribution >= 4 is 29.3 Å². The van der Waals surface area contributed by atoms with Crippen LogP contribution in [0.15, 0.2) is 29.4 Å². The van der Waals surface area contributed by atoms with Gasteiger partial charge in [-0.1, -0.05) is 0 Å². The molecule has 20 heavy (non-hydrogen) atoms. The van der Waals surface area contributed by atoms with Gasteiger partial charge in [-0.2, -0.15) is 5.10 Å². The van der Waals surface area contributed by atoms with Gasteiger partial charge in [0.15, 0.2) is 0 Å². The molecule has 1 aliphatic rings. The molecule has 2 aromatic rings. The molecule has 2 aromatic heterocycles. The molecule has 1 saturated carbocycles. The Morgan fingerprint density at radius 3 is 2.85 bits per heavy atom. The molecule has 2 heterocycles. The number of carbonyl (C=O) groups is 1. The fourth-order valence-corrected chi connectivity index (χ4v) is 2.29. The second-order valence-corrected chi connectivity index (χ2v) is 5.51. The average Bonchev–Trinajstić information content (AvgIpc) is 3.20. The Balaban J connectivity index is 1.62. The Morgan fingerprint density at radius 2 is 2.20 bits per heavy atom. The predicted octanol–water partition coefficient (Wildman–Crippen LogP) is 3.05. The van der Waals surface area contributed by atoms with E-state index < -0.39 is 0 Å². The van der Waals surface area contributed by atoms with Gasteiger partial charge < -0.3 is 5.32 Å². The Hall–Kier alpha value is -2.02. The maximum Gasteiger partial charge on any atom is 0.324 e. The topological polar surface area (TPSA) is 82.7 Å². The van der Waals surface area contributed by atoms with E-state index in [1.165, 1.54) is 0 Å². The lowest BCUT2D eigenvalue weighted by atomic mass is 10.2. The molecule has 3 N–H and O–H groups in total. The number of nitrogens with zero attached hydrogens (tertiary/aromatic N) is 2. The minimum atomic E-state index is -0.308. The fraction of sp³-hybridized carbons (Fsp3) is 0.308. The van der Waals surface area contributed by atoms with E-state index in [-0.39, 0.29) is 6.03 Å². The molecule has 0 saturated heterocycles. The van der Waals surface area contributed by atoms with Crippen LogP contribution in [0.4, 0.5) is 16.3 Å². The molecule has 0 bridgehead atoms. The van der Waals surface area contributed by atoms with E-state index in [0.29, 0.717) is 11.7 Å². The Bertz CT molecular complexity index is 605. The summed E-state index contributed by atoms with van der Waals surface area (Å²) in [5, 5.41) is 12.4. The van der Waals surface area contributed by atoms with Crippen LogP contribution < -0.4 is 10.6 Å². The molecule has 3 rings (SSSR count). The number of carbonyl (C=O) groups excluding carboxylic acids is 1. The maximum atomic E-state index is 11.9. The van der Waals surface area contributed by atoms with Crippen LogP contribution in [-0.2, 0) is 0 Å². The SMILES string of the molecule is CSc1ccc(NC(=O)Nc2cn[nH]c2C2CC2)nc1. The van der Waals surface area contributed by atoms with Gasteiger partial charge in [-0.05, 0) is 31.2 Å². The zero-order valence-electron chi connectivity index (χ0n) is 11.0. The second kappa shape index (κ2) is 5.54. The number of anilines is 2. The largest absolute Gasteiger partial charge is 0.324 e. The summed E-state index contributed by atoms with van der Waals surface area (Å²) in [6.45, 7) is 0. The van der Waals surface area contributed by atoms with Crippen LogP contribution >= 0.6 is 11.8 Å². The lowest BCUT2D eigenvalue weighted by Gasteiger charge is -2.07. The number of hydrogen-bond acceptors (Lipinski definition) is 4. The molecular formula is C13H15N5OS. The highest BCUT2D eigenvalue weighted by Crippen LogP contribution is 2.42. The van der Waals surface area contributed by atoms with Crippen molar-refractivity contribution in [2.45, 2.75) is 23.7 Å². The zero-order valence-corrected chi connectivity index (χ0v) is 11.8. The van der Waals surface area contributed by atoms with Gasteiger partial charge in [0.25, 0.3) is 0 Å². The number of H-pyrrole nitrogens is 1. The van der Waals surface area contributed by atoms with Crippen LogP contribution in [0, 0.1) is 0 Å². The van der Waals surface area contributed by atoms with Gasteiger partial charge in [0.1, 0.15) is 5.82 Å². The highest BCUT2D eigenvalue weighted by Gasteiger charge is 2.28. The summed E-state index contributed by atoms with van der Waals surface area (Å²) in [6.07, 6.45) is 7.65. The number of urea groups is 1. The van der Waals surface area contributed by atoms with Crippen molar-refractivity contribution < 1.29 is 4.79 Å². The van der Waals surface area contributed by atoms with Crippen LogP contribution in [0.3, 0.4) is 0 Å². The fourth-order valence-electron chi connectivity index (χ4n) is 1.92. The first kappa shape index (κ1) is 13.0. The van der Waals surface area contributed by atoms with Gasteiger partial charge in [-0.25, -0.2) is 9.78 Å². The third-order valence-corrected chi connectivity index (χ3v) is 3.83. The number of nitrogens with one attached hydrogen (secondary N) is 3. The molecule has 0 radical (unpaired) electrons. The predicted molar refractivity (Wildman–Crippen MR) is 79.2 cm³/mol. The Labute approximate surface area is 120 Å². The third-order valence-electron chi connectivity index (χ3n) is 3.12. The van der Waals surface area contributed by atoms with Crippen LogP contribution in [0.2, 0.25) is 0 Å². The van der Waals surface area contributed by atoms with Crippen LogP contribution in [0.1, 0.15) is 24.5 Å². The van der Waals surface area contributed by atoms with Crippen LogP contribution in [0.25, 0.3) is 0 Å². The molecule has 7 heteroatoms. The molecule has 104 valence electrons. The minimum absolute atomic E-state index is 0.308. The van der Waals surface area contributed by atoms with Gasteiger partial charge >= 0.3 is 6.03 Å². The lowest BCUT2D eigenvalue weighted by molar-refractivity contribution is 0.262. The highest BCUT2D eigenvalue weighted by molar-refractivity contribution is 7.98. The quantitative estimate of drug-likeness (QED) is 0.755. The maximum absolute atomic E-state index is 11.9. The zero-order chi connectivity index (χ0) is 13.9. The number of aromatic amines is 1. The number of rotatable bonds is 4. The lowest BCUT2D eigenvalue weighted by Crippen LogP contribution is -2.20. The van der Waals surface area contributed by atoms with E-state index in [9.17, 15) is 4.79 Å². The van der Waals surface area contributed by atoms with Gasteiger partial charge in [-0.3, -0.25) is 10.4 Å². The first-order valence-corrected chi connectivity index (χ1v) is 7.60. The number of thioether (sulfide) groups is 1. The third kappa shape index (κ3) is 2.93. The smallest absolute Gasteiger partial charge is 0.305 e. The first-order chi connectivity index (χ1) is 9.76. The van der Waals surface area contributed by atoms with Gasteiger partial charge in [-0.15, -0.1) is 11.8 Å². The molecule has 0 spiro atoms. The Morgan fingerprint density at radius 1 is 1.35 bits per heavy atom. The van der Waals surface area contributed by atoms with Crippen molar-refractivity contribution in [3.63, 3.8) is 0 Å². The molecule has 6 nitrogen and oxygen atoms in total. The summed E-state index contributed by atoms with van der Waals surface area (Å²) in [4.78, 5) is 17.2. The summed E-state index contributed by atoms with van der Waals surface area (Å²) in [6, 6.07) is 3.39. The van der Waals surface area contributed by atoms with Gasteiger partial charge in [0.05, 0.1) is 17.6 Å². The molecule has 0 atom stereocenters. The summed E-state index contributed by atoms with van der Waals surface area (Å²) in [5.41, 5.74) is 1.75. The van der Waals surface area contributed by atoms with E-state index >= 15 is 0 Å². The van der Waals surface area contributed by atoms with Gasteiger partial charge in [0.2, 0.25) is 0 Å². The minimum Gasteiger partial charge on any atom is -0.305 e. The normalized spacial score (nSPS) is 14.1. The highest BCUT2D eigenvalue weighted by atomic mass is 32.2. The number of hydrogen-bond donors (Lipinski definition) is 3. The molecule has 1 aliphatic carbocycles. The van der Waals surface area contributed by atoms with E-state index in [4.69, 9.17) is 0 Å². The van der Waals surface area contributed by atoms with Crippen molar-refractivity contribution in [2.75, 3.05) is 16.9 Å². The monoisotopic (exact) mass is 289 g/mol. The number of aromatic nitrogens is 3. The van der Waals surface area contributed by atoms with E-state index in [1.807, 2.05) is 12.3 Å². The molecule has 2 amide bonds. The average molecular weight is 289 g/mol. The first-order valence-electron chi connectivity index (χ1n) is 6.37. The van der Waals surface area contributed by atoms with E-state index in [1.54, 1.807) is 30.2 Å². The number of amides is 2. The molecule has 0 aromatic carbocycles. The van der Waals surface area contributed by atoms with E-state index in [2.05, 4.69) is 25.8 Å². The molecular weight excluding hydrogens is 274 g/mol. The van der Waals surface area contributed by atoms with Crippen molar-refractivity contribution in [1.29, 1.82) is 0 Å². The van der Waals surface area contributed by atoms with Crippen molar-refractivity contribution in [3.05, 3.63) is 30.2 Å².